The fourth-order valence-electron chi connectivity index (χ4n) is 5.01. The Kier molecular flexibility index (Phi) is 7.43. The summed E-state index contributed by atoms with van der Waals surface area (Å²) in [5.41, 5.74) is 4.22. The molecule has 6 rings (SSSR count). The topological polar surface area (TPSA) is 106 Å². The Morgan fingerprint density at radius 2 is 1.71 bits per heavy atom. The van der Waals surface area contributed by atoms with E-state index in [9.17, 15) is 9.18 Å². The zero-order valence-corrected chi connectivity index (χ0v) is 22.3. The fourth-order valence-corrected chi connectivity index (χ4v) is 5.01. The van der Waals surface area contributed by atoms with Crippen LogP contribution in [-0.4, -0.2) is 54.1 Å². The van der Waals surface area contributed by atoms with Crippen molar-refractivity contribution in [2.45, 2.75) is 25.9 Å². The maximum Gasteiger partial charge on any atom is 0.267 e. The summed E-state index contributed by atoms with van der Waals surface area (Å²) in [7, 11) is 0. The quantitative estimate of drug-likeness (QED) is 0.284. The molecule has 204 valence electrons. The number of nitriles is 1. The molecule has 0 aliphatic carbocycles. The molecule has 0 N–H and O–H groups in total. The SMILES string of the molecule is N#Cc1cc(F)cc(-c2ccc(=O)n(Cc3cccc(-c4ncc(-c5cnn(CCN6CCCC6)c5)cn4)c3)n2)c1. The number of likely N-dealkylation sites (tertiary alicyclic amines) is 1. The van der Waals surface area contributed by atoms with E-state index in [-0.39, 0.29) is 17.7 Å². The first-order valence-corrected chi connectivity index (χ1v) is 13.5. The predicted octanol–water partition coefficient (Wildman–Crippen LogP) is 4.39. The van der Waals surface area contributed by atoms with E-state index in [1.165, 1.54) is 48.8 Å². The third-order valence-corrected chi connectivity index (χ3v) is 7.17. The first kappa shape index (κ1) is 26.2. The molecule has 10 heteroatoms. The number of benzene rings is 2. The van der Waals surface area contributed by atoms with E-state index in [1.54, 1.807) is 18.5 Å². The van der Waals surface area contributed by atoms with Crippen molar-refractivity contribution < 1.29 is 4.39 Å². The molecule has 0 radical (unpaired) electrons. The molecule has 1 saturated heterocycles. The van der Waals surface area contributed by atoms with Crippen molar-refractivity contribution in [3.63, 3.8) is 0 Å². The molecular weight excluding hydrogens is 519 g/mol. The molecule has 4 heterocycles. The Hall–Kier alpha value is -5.01. The van der Waals surface area contributed by atoms with E-state index < -0.39 is 5.82 Å². The Morgan fingerprint density at radius 3 is 2.51 bits per heavy atom. The van der Waals surface area contributed by atoms with Crippen molar-refractivity contribution in [1.82, 2.24) is 34.4 Å². The van der Waals surface area contributed by atoms with Crippen molar-refractivity contribution >= 4 is 0 Å². The first-order chi connectivity index (χ1) is 20.0. The largest absolute Gasteiger partial charge is 0.301 e. The van der Waals surface area contributed by atoms with Crippen molar-refractivity contribution in [3.05, 3.63) is 107 Å². The molecule has 0 amide bonds. The number of hydrogen-bond donors (Lipinski definition) is 0. The molecular formula is C31H27FN8O. The number of aromatic nitrogens is 6. The van der Waals surface area contributed by atoms with Crippen LogP contribution in [0.1, 0.15) is 24.0 Å². The second-order valence-corrected chi connectivity index (χ2v) is 10.1. The summed E-state index contributed by atoms with van der Waals surface area (Å²) >= 11 is 0. The zero-order valence-electron chi connectivity index (χ0n) is 22.3. The highest BCUT2D eigenvalue weighted by molar-refractivity contribution is 5.63. The summed E-state index contributed by atoms with van der Waals surface area (Å²) in [5, 5.41) is 18.1. The van der Waals surface area contributed by atoms with Gasteiger partial charge in [0, 0.05) is 53.5 Å². The molecule has 1 aliphatic rings. The van der Waals surface area contributed by atoms with E-state index in [0.29, 0.717) is 17.1 Å². The van der Waals surface area contributed by atoms with Crippen molar-refractivity contribution in [2.75, 3.05) is 19.6 Å². The number of nitrogens with zero attached hydrogens (tertiary/aromatic N) is 8. The van der Waals surface area contributed by atoms with Gasteiger partial charge in [-0.1, -0.05) is 18.2 Å². The molecule has 0 saturated carbocycles. The molecule has 5 aromatic rings. The van der Waals surface area contributed by atoms with Gasteiger partial charge in [0.25, 0.3) is 5.56 Å². The maximum absolute atomic E-state index is 14.0. The lowest BCUT2D eigenvalue weighted by atomic mass is 10.1. The van der Waals surface area contributed by atoms with Crippen LogP contribution in [0.5, 0.6) is 0 Å². The Morgan fingerprint density at radius 1 is 0.878 bits per heavy atom. The average molecular weight is 547 g/mol. The minimum atomic E-state index is -0.538. The summed E-state index contributed by atoms with van der Waals surface area (Å²) in [4.78, 5) is 24.2. The standard InChI is InChI=1S/C31H27FN8O/c32-28-14-23(16-33)13-25(15-28)29-6-7-30(41)40(37-29)20-22-4-3-5-24(12-22)31-34-17-26(18-35-31)27-19-36-39(21-27)11-10-38-8-1-2-9-38/h3-7,12-15,17-19,21H,1-2,8-11,20H2. The van der Waals surface area contributed by atoms with Crippen molar-refractivity contribution in [1.29, 1.82) is 5.26 Å². The van der Waals surface area contributed by atoms with E-state index >= 15 is 0 Å². The molecule has 0 unspecified atom stereocenters. The number of halogens is 1. The Labute approximate surface area is 236 Å². The van der Waals surface area contributed by atoms with Gasteiger partial charge in [-0.2, -0.15) is 15.5 Å². The van der Waals surface area contributed by atoms with Crippen LogP contribution >= 0.6 is 0 Å². The van der Waals surface area contributed by atoms with E-state index in [2.05, 4.69) is 25.1 Å². The third-order valence-electron chi connectivity index (χ3n) is 7.17. The molecule has 0 spiro atoms. The van der Waals surface area contributed by atoms with Crippen LogP contribution < -0.4 is 5.56 Å². The Bertz CT molecular complexity index is 1780. The summed E-state index contributed by atoms with van der Waals surface area (Å²) in [5.74, 6) is 0.0264. The second-order valence-electron chi connectivity index (χ2n) is 10.1. The third kappa shape index (κ3) is 6.10. The van der Waals surface area contributed by atoms with Crippen LogP contribution in [0.2, 0.25) is 0 Å². The molecule has 0 atom stereocenters. The summed E-state index contributed by atoms with van der Waals surface area (Å²) in [6, 6.07) is 16.5. The van der Waals surface area contributed by atoms with Gasteiger partial charge >= 0.3 is 0 Å². The molecule has 1 aliphatic heterocycles. The Balaban J connectivity index is 1.17. The minimum absolute atomic E-state index is 0.185. The smallest absolute Gasteiger partial charge is 0.267 e. The average Bonchev–Trinajstić information content (AvgIpc) is 3.70. The van der Waals surface area contributed by atoms with Gasteiger partial charge in [0.2, 0.25) is 0 Å². The van der Waals surface area contributed by atoms with Gasteiger partial charge in [-0.3, -0.25) is 9.48 Å². The molecule has 1 fully saturated rings. The number of rotatable bonds is 8. The first-order valence-electron chi connectivity index (χ1n) is 13.5. The molecule has 41 heavy (non-hydrogen) atoms. The van der Waals surface area contributed by atoms with Gasteiger partial charge in [0.1, 0.15) is 5.82 Å². The van der Waals surface area contributed by atoms with Gasteiger partial charge in [-0.25, -0.2) is 19.0 Å². The van der Waals surface area contributed by atoms with E-state index in [4.69, 9.17) is 5.26 Å². The van der Waals surface area contributed by atoms with Crippen LogP contribution in [0, 0.1) is 17.1 Å². The van der Waals surface area contributed by atoms with Gasteiger partial charge in [0.15, 0.2) is 5.82 Å². The lowest BCUT2D eigenvalue weighted by Gasteiger charge is -2.13. The molecule has 0 bridgehead atoms. The maximum atomic E-state index is 14.0. The number of hydrogen-bond acceptors (Lipinski definition) is 7. The zero-order chi connectivity index (χ0) is 28.2. The van der Waals surface area contributed by atoms with Crippen molar-refractivity contribution in [2.24, 2.45) is 0 Å². The van der Waals surface area contributed by atoms with Crippen LogP contribution in [0.25, 0.3) is 33.8 Å². The van der Waals surface area contributed by atoms with Crippen LogP contribution in [0.15, 0.2) is 84.2 Å². The highest BCUT2D eigenvalue weighted by atomic mass is 19.1. The van der Waals surface area contributed by atoms with E-state index in [0.717, 1.165) is 41.4 Å². The van der Waals surface area contributed by atoms with Gasteiger partial charge < -0.3 is 4.90 Å². The monoisotopic (exact) mass is 546 g/mol. The normalized spacial score (nSPS) is 13.4. The van der Waals surface area contributed by atoms with Crippen LogP contribution in [0.3, 0.4) is 0 Å². The van der Waals surface area contributed by atoms with Crippen LogP contribution in [0.4, 0.5) is 4.39 Å². The summed E-state index contributed by atoms with van der Waals surface area (Å²) in [6.07, 6.45) is 10.0. The van der Waals surface area contributed by atoms with E-state index in [1.807, 2.05) is 47.4 Å². The molecule has 9 nitrogen and oxygen atoms in total. The van der Waals surface area contributed by atoms with Crippen molar-refractivity contribution in [3.8, 4) is 39.8 Å². The molecule has 3 aromatic heterocycles. The highest BCUT2D eigenvalue weighted by Crippen LogP contribution is 2.22. The van der Waals surface area contributed by atoms with Gasteiger partial charge in [-0.15, -0.1) is 0 Å². The predicted molar refractivity (Wildman–Crippen MR) is 152 cm³/mol. The highest BCUT2D eigenvalue weighted by Gasteiger charge is 2.12. The molecule has 2 aromatic carbocycles. The van der Waals surface area contributed by atoms with Gasteiger partial charge in [0.05, 0.1) is 36.6 Å². The fraction of sp³-hybridized carbons (Fsp3) is 0.226. The summed E-state index contributed by atoms with van der Waals surface area (Å²) < 4.78 is 17.3. The van der Waals surface area contributed by atoms with Gasteiger partial charge in [-0.05, 0) is 61.8 Å². The lowest BCUT2D eigenvalue weighted by molar-refractivity contribution is 0.316. The van der Waals surface area contributed by atoms with Crippen LogP contribution in [-0.2, 0) is 13.1 Å². The second kappa shape index (κ2) is 11.6. The minimum Gasteiger partial charge on any atom is -0.301 e. The summed E-state index contributed by atoms with van der Waals surface area (Å²) in [6.45, 7) is 4.41. The lowest BCUT2D eigenvalue weighted by Crippen LogP contribution is -2.24.